The summed E-state index contributed by atoms with van der Waals surface area (Å²) in [5.74, 6) is -4.78. The van der Waals surface area contributed by atoms with E-state index in [4.69, 9.17) is 15.2 Å². The molecular weight excluding hydrogens is 532 g/mol. The second-order valence-electron chi connectivity index (χ2n) is 9.29. The third-order valence-corrected chi connectivity index (χ3v) is 6.00. The number of ether oxygens (including phenoxy) is 2. The van der Waals surface area contributed by atoms with Crippen LogP contribution in [-0.4, -0.2) is 45.4 Å². The lowest BCUT2D eigenvalue weighted by atomic mass is 10.1. The van der Waals surface area contributed by atoms with Crippen molar-refractivity contribution in [3.05, 3.63) is 95.7 Å². The third-order valence-electron chi connectivity index (χ3n) is 6.00. The van der Waals surface area contributed by atoms with Gasteiger partial charge in [0.25, 0.3) is 0 Å². The molecule has 1 aliphatic heterocycles. The van der Waals surface area contributed by atoms with E-state index < -0.39 is 42.6 Å². The Bertz CT molecular complexity index is 1170. The van der Waals surface area contributed by atoms with Gasteiger partial charge in [-0.25, -0.2) is 4.79 Å². The highest BCUT2D eigenvalue weighted by Gasteiger charge is 2.62. The largest absolute Gasteiger partial charge is 0.453 e. The molecule has 8 nitrogen and oxygen atoms in total. The minimum atomic E-state index is -3.78. The Kier molecular flexibility index (Phi) is 15.3. The van der Waals surface area contributed by atoms with Gasteiger partial charge in [0.15, 0.2) is 6.10 Å². The average Bonchev–Trinajstić information content (AvgIpc) is 3.19. The number of hydrogen-bond acceptors (Lipinski definition) is 7. The molecule has 1 saturated heterocycles. The van der Waals surface area contributed by atoms with Gasteiger partial charge in [0.1, 0.15) is 11.9 Å². The van der Waals surface area contributed by atoms with Crippen molar-refractivity contribution in [1.82, 2.24) is 9.55 Å². The molecule has 0 spiro atoms. The van der Waals surface area contributed by atoms with Gasteiger partial charge in [0.05, 0.1) is 6.61 Å². The number of rotatable bonds is 17. The van der Waals surface area contributed by atoms with Crippen molar-refractivity contribution in [1.29, 1.82) is 0 Å². The fraction of sp³-hybridized carbons (Fsp3) is 0.452. The number of hydrogen-bond donors (Lipinski definition) is 2. The van der Waals surface area contributed by atoms with Crippen LogP contribution in [0, 0.1) is 0 Å². The van der Waals surface area contributed by atoms with Crippen molar-refractivity contribution < 1.29 is 28.2 Å². The standard InChI is InChI=1S/C31H41F2N3O5/c1-2-3-4-5-6-7-8-9-10-11-12-13-14-15-16-17-18-19-20-21-27(38)41-28-25(24-37)40-29(31(28,32)33)36-23-22-26(34)35-30(36)39/h3-4,6-7,9-10,12-13,15-16,18-19,22-23,25,28-29,37H,2,5,8,11,14,17,20-21,24H2,1H3,(H2,34,35,39)/b4-3-,7-6-,10-9-,13-12-,16-15-,19-18-. The Morgan fingerprint density at radius 3 is 2.00 bits per heavy atom. The first-order chi connectivity index (χ1) is 19.8. The van der Waals surface area contributed by atoms with Gasteiger partial charge in [-0.2, -0.15) is 13.8 Å². The van der Waals surface area contributed by atoms with E-state index in [1.807, 2.05) is 18.2 Å². The van der Waals surface area contributed by atoms with E-state index in [9.17, 15) is 14.7 Å². The van der Waals surface area contributed by atoms with Crippen LogP contribution < -0.4 is 11.4 Å². The number of allylic oxidation sites excluding steroid dienone is 12. The number of halogens is 2. The maximum absolute atomic E-state index is 15.0. The van der Waals surface area contributed by atoms with Crippen LogP contribution in [0.2, 0.25) is 0 Å². The highest BCUT2D eigenvalue weighted by Crippen LogP contribution is 2.43. The zero-order valence-corrected chi connectivity index (χ0v) is 23.5. The minimum Gasteiger partial charge on any atom is -0.453 e. The Morgan fingerprint density at radius 2 is 1.51 bits per heavy atom. The Balaban J connectivity index is 1.66. The Hall–Kier alpha value is -3.63. The first-order valence-corrected chi connectivity index (χ1v) is 13.9. The molecule has 1 aromatic rings. The van der Waals surface area contributed by atoms with E-state index in [-0.39, 0.29) is 12.2 Å². The van der Waals surface area contributed by atoms with E-state index in [2.05, 4.69) is 60.5 Å². The SMILES string of the molecule is CC/C=C\C/C=C\C/C=C\C/C=C\C/C=C\C/C=C\CCC(=O)OC1C(CO)OC(n2ccc(N)nc2=O)C1(F)F. The second kappa shape index (κ2) is 18.7. The number of aliphatic hydroxyl groups is 1. The summed E-state index contributed by atoms with van der Waals surface area (Å²) in [6.45, 7) is 1.30. The van der Waals surface area contributed by atoms with Gasteiger partial charge in [-0.15, -0.1) is 0 Å². The van der Waals surface area contributed by atoms with E-state index in [0.717, 1.165) is 38.3 Å². The Morgan fingerprint density at radius 1 is 1.00 bits per heavy atom. The molecule has 41 heavy (non-hydrogen) atoms. The molecule has 224 valence electrons. The van der Waals surface area contributed by atoms with Crippen LogP contribution >= 0.6 is 0 Å². The molecule has 1 fully saturated rings. The second-order valence-corrected chi connectivity index (χ2v) is 9.29. The number of carbonyl (C=O) groups excluding carboxylic acids is 1. The summed E-state index contributed by atoms with van der Waals surface area (Å²) in [4.78, 5) is 27.6. The molecule has 10 heteroatoms. The summed E-state index contributed by atoms with van der Waals surface area (Å²) >= 11 is 0. The maximum Gasteiger partial charge on any atom is 0.351 e. The third kappa shape index (κ3) is 11.8. The highest BCUT2D eigenvalue weighted by atomic mass is 19.3. The topological polar surface area (TPSA) is 117 Å². The van der Waals surface area contributed by atoms with Gasteiger partial charge in [0.2, 0.25) is 6.23 Å². The van der Waals surface area contributed by atoms with E-state index >= 15 is 8.78 Å². The summed E-state index contributed by atoms with van der Waals surface area (Å²) in [7, 11) is 0. The minimum absolute atomic E-state index is 0.124. The van der Waals surface area contributed by atoms with Gasteiger partial charge in [-0.3, -0.25) is 9.36 Å². The molecule has 3 N–H and O–H groups in total. The molecule has 0 aliphatic carbocycles. The highest BCUT2D eigenvalue weighted by molar-refractivity contribution is 5.70. The van der Waals surface area contributed by atoms with Crippen LogP contribution in [0.15, 0.2) is 90.0 Å². The fourth-order valence-electron chi connectivity index (χ4n) is 3.91. The lowest BCUT2D eigenvalue weighted by Gasteiger charge is -2.24. The smallest absolute Gasteiger partial charge is 0.351 e. The predicted molar refractivity (Wildman–Crippen MR) is 156 cm³/mol. The molecule has 2 rings (SSSR count). The van der Waals surface area contributed by atoms with Crippen LogP contribution in [0.3, 0.4) is 0 Å². The normalized spacial score (nSPS) is 21.1. The molecular formula is C31H41F2N3O5. The monoisotopic (exact) mass is 573 g/mol. The van der Waals surface area contributed by atoms with Crippen LogP contribution in [-0.2, 0) is 14.3 Å². The Labute approximate surface area is 240 Å². The quantitative estimate of drug-likeness (QED) is 0.180. The van der Waals surface area contributed by atoms with Gasteiger partial charge >= 0.3 is 17.6 Å². The number of carbonyl (C=O) groups is 1. The number of aliphatic hydroxyl groups excluding tert-OH is 1. The number of nitrogen functional groups attached to an aromatic ring is 1. The number of alkyl halides is 2. The van der Waals surface area contributed by atoms with Crippen molar-refractivity contribution in [3.63, 3.8) is 0 Å². The van der Waals surface area contributed by atoms with Crippen molar-refractivity contribution in [2.45, 2.75) is 82.6 Å². The van der Waals surface area contributed by atoms with Crippen LogP contribution in [0.4, 0.5) is 14.6 Å². The predicted octanol–water partition coefficient (Wildman–Crippen LogP) is 5.74. The number of anilines is 1. The first-order valence-electron chi connectivity index (χ1n) is 13.9. The lowest BCUT2D eigenvalue weighted by Crippen LogP contribution is -2.44. The van der Waals surface area contributed by atoms with Gasteiger partial charge < -0.3 is 20.3 Å². The maximum atomic E-state index is 15.0. The molecule has 0 amide bonds. The van der Waals surface area contributed by atoms with Crippen LogP contribution in [0.1, 0.15) is 64.5 Å². The molecule has 0 radical (unpaired) electrons. The molecule has 0 saturated carbocycles. The van der Waals surface area contributed by atoms with Gasteiger partial charge in [-0.05, 0) is 51.0 Å². The van der Waals surface area contributed by atoms with E-state index in [1.165, 1.54) is 6.07 Å². The molecule has 3 atom stereocenters. The fourth-order valence-corrected chi connectivity index (χ4v) is 3.91. The average molecular weight is 574 g/mol. The molecule has 1 aliphatic rings. The molecule has 0 bridgehead atoms. The van der Waals surface area contributed by atoms with Crippen molar-refractivity contribution in [2.24, 2.45) is 0 Å². The summed E-state index contributed by atoms with van der Waals surface area (Å²) in [6.07, 6.45) is 25.8. The first kappa shape index (κ1) is 33.6. The van der Waals surface area contributed by atoms with Crippen molar-refractivity contribution >= 4 is 11.8 Å². The van der Waals surface area contributed by atoms with E-state index in [0.29, 0.717) is 17.4 Å². The summed E-state index contributed by atoms with van der Waals surface area (Å²) < 4.78 is 40.8. The van der Waals surface area contributed by atoms with Gasteiger partial charge in [-0.1, -0.05) is 79.8 Å². The number of nitrogens with zero attached hydrogens (tertiary/aromatic N) is 2. The zero-order chi connectivity index (χ0) is 29.9. The van der Waals surface area contributed by atoms with Gasteiger partial charge in [0, 0.05) is 12.6 Å². The lowest BCUT2D eigenvalue weighted by molar-refractivity contribution is -0.176. The van der Waals surface area contributed by atoms with Crippen molar-refractivity contribution in [3.8, 4) is 0 Å². The molecule has 3 unspecified atom stereocenters. The number of nitrogens with two attached hydrogens (primary N) is 1. The molecule has 1 aromatic heterocycles. The summed E-state index contributed by atoms with van der Waals surface area (Å²) in [6, 6.07) is 1.17. The number of esters is 1. The van der Waals surface area contributed by atoms with Crippen LogP contribution in [0.25, 0.3) is 0 Å². The number of aromatic nitrogens is 2. The summed E-state index contributed by atoms with van der Waals surface area (Å²) in [5, 5.41) is 9.50. The van der Waals surface area contributed by atoms with E-state index in [1.54, 1.807) is 6.08 Å². The van der Waals surface area contributed by atoms with Crippen LogP contribution in [0.5, 0.6) is 0 Å². The molecule has 0 aromatic carbocycles. The summed E-state index contributed by atoms with van der Waals surface area (Å²) in [5.41, 5.74) is 4.36. The molecule has 2 heterocycles. The zero-order valence-electron chi connectivity index (χ0n) is 23.5. The van der Waals surface area contributed by atoms with Crippen molar-refractivity contribution in [2.75, 3.05) is 12.3 Å².